The van der Waals surface area contributed by atoms with Crippen molar-refractivity contribution >= 4 is 5.91 Å². The number of rotatable bonds is 4. The lowest BCUT2D eigenvalue weighted by Crippen LogP contribution is -2.30. The zero-order valence-electron chi connectivity index (χ0n) is 16.2. The summed E-state index contributed by atoms with van der Waals surface area (Å²) in [6, 6.07) is 5.34. The van der Waals surface area contributed by atoms with Crippen LogP contribution in [0.5, 0.6) is 0 Å². The first-order chi connectivity index (χ1) is 13.9. The average molecular weight is 398 g/mol. The van der Waals surface area contributed by atoms with Crippen LogP contribution in [0.4, 0.5) is 8.78 Å². The van der Waals surface area contributed by atoms with Crippen LogP contribution in [0.2, 0.25) is 0 Å². The summed E-state index contributed by atoms with van der Waals surface area (Å²) in [5.74, 6) is -1.43. The minimum atomic E-state index is -0.835. The fourth-order valence-electron chi connectivity index (χ4n) is 3.83. The summed E-state index contributed by atoms with van der Waals surface area (Å²) in [5, 5.41) is 3.96. The Labute approximate surface area is 166 Å². The summed E-state index contributed by atoms with van der Waals surface area (Å²) in [6.45, 7) is 4.58. The number of carbonyl (C=O) groups excluding carboxylic acids is 1. The second-order valence-corrected chi connectivity index (χ2v) is 7.30. The quantitative estimate of drug-likeness (QED) is 0.670. The zero-order chi connectivity index (χ0) is 20.5. The van der Waals surface area contributed by atoms with Gasteiger partial charge in [-0.2, -0.15) is 0 Å². The second kappa shape index (κ2) is 7.69. The molecule has 1 atom stereocenters. The van der Waals surface area contributed by atoms with Gasteiger partial charge in [0.05, 0.1) is 17.0 Å². The number of amides is 1. The number of likely N-dealkylation sites (tertiary alicyclic amines) is 1. The Morgan fingerprint density at radius 1 is 1.24 bits per heavy atom. The van der Waals surface area contributed by atoms with Crippen molar-refractivity contribution in [2.24, 2.45) is 5.92 Å². The predicted octanol–water partition coefficient (Wildman–Crippen LogP) is 3.73. The standard InChI is InChI=1S/C21H20F2N4O2/c1-12-19(13(2)29-26-12)18-9-15(24-11-25-18)8-14-6-7-27(10-14)21(28)20-16(22)4-3-5-17(20)23/h3-5,9,11,14H,6-8,10H2,1-2H3. The molecule has 1 fully saturated rings. The van der Waals surface area contributed by atoms with Crippen molar-refractivity contribution in [3.63, 3.8) is 0 Å². The molecule has 150 valence electrons. The molecule has 6 nitrogen and oxygen atoms in total. The number of hydrogen-bond acceptors (Lipinski definition) is 5. The number of benzene rings is 1. The first-order valence-corrected chi connectivity index (χ1v) is 9.41. The van der Waals surface area contributed by atoms with Gasteiger partial charge in [-0.15, -0.1) is 0 Å². The molecule has 0 aliphatic carbocycles. The SMILES string of the molecule is Cc1noc(C)c1-c1cc(CC2CCN(C(=O)c3c(F)cccc3F)C2)ncn1. The van der Waals surface area contributed by atoms with E-state index in [0.717, 1.165) is 41.2 Å². The lowest BCUT2D eigenvalue weighted by atomic mass is 10.0. The van der Waals surface area contributed by atoms with E-state index in [2.05, 4.69) is 15.1 Å². The molecule has 1 aliphatic heterocycles. The summed E-state index contributed by atoms with van der Waals surface area (Å²) in [5.41, 5.74) is 2.71. The van der Waals surface area contributed by atoms with Gasteiger partial charge in [-0.05, 0) is 50.8 Å². The highest BCUT2D eigenvalue weighted by Gasteiger charge is 2.30. The van der Waals surface area contributed by atoms with Gasteiger partial charge in [-0.3, -0.25) is 4.79 Å². The molecule has 1 saturated heterocycles. The number of aromatic nitrogens is 3. The van der Waals surface area contributed by atoms with E-state index < -0.39 is 23.1 Å². The maximum Gasteiger partial charge on any atom is 0.259 e. The average Bonchev–Trinajstić information content (AvgIpc) is 3.28. The maximum absolute atomic E-state index is 13.9. The zero-order valence-corrected chi connectivity index (χ0v) is 16.2. The van der Waals surface area contributed by atoms with Gasteiger partial charge in [0.2, 0.25) is 0 Å². The van der Waals surface area contributed by atoms with Crippen molar-refractivity contribution in [2.75, 3.05) is 13.1 Å². The van der Waals surface area contributed by atoms with Gasteiger partial charge in [0.25, 0.3) is 5.91 Å². The molecular formula is C21H20F2N4O2. The highest BCUT2D eigenvalue weighted by Crippen LogP contribution is 2.27. The highest BCUT2D eigenvalue weighted by molar-refractivity contribution is 5.95. The predicted molar refractivity (Wildman–Crippen MR) is 101 cm³/mol. The van der Waals surface area contributed by atoms with Crippen molar-refractivity contribution in [2.45, 2.75) is 26.7 Å². The Morgan fingerprint density at radius 2 is 2.00 bits per heavy atom. The molecule has 3 heterocycles. The van der Waals surface area contributed by atoms with Gasteiger partial charge in [0.1, 0.15) is 29.3 Å². The van der Waals surface area contributed by atoms with Crippen molar-refractivity contribution in [3.05, 3.63) is 64.9 Å². The molecule has 1 amide bonds. The van der Waals surface area contributed by atoms with Gasteiger partial charge in [-0.25, -0.2) is 18.7 Å². The summed E-state index contributed by atoms with van der Waals surface area (Å²) in [4.78, 5) is 22.7. The molecule has 3 aromatic rings. The van der Waals surface area contributed by atoms with Gasteiger partial charge in [0, 0.05) is 18.8 Å². The molecule has 8 heteroatoms. The van der Waals surface area contributed by atoms with E-state index in [1.54, 1.807) is 0 Å². The monoisotopic (exact) mass is 398 g/mol. The van der Waals surface area contributed by atoms with Crippen LogP contribution in [0.25, 0.3) is 11.3 Å². The van der Waals surface area contributed by atoms with E-state index in [1.807, 2.05) is 19.9 Å². The summed E-state index contributed by atoms with van der Waals surface area (Å²) in [7, 11) is 0. The van der Waals surface area contributed by atoms with Crippen LogP contribution in [0.3, 0.4) is 0 Å². The van der Waals surface area contributed by atoms with Gasteiger partial charge in [0.15, 0.2) is 0 Å². The van der Waals surface area contributed by atoms with Crippen molar-refractivity contribution in [3.8, 4) is 11.3 Å². The lowest BCUT2D eigenvalue weighted by molar-refractivity contribution is 0.0777. The Hall–Kier alpha value is -3.16. The first-order valence-electron chi connectivity index (χ1n) is 9.41. The van der Waals surface area contributed by atoms with Crippen LogP contribution in [0.15, 0.2) is 35.1 Å². The third-order valence-corrected chi connectivity index (χ3v) is 5.26. The molecule has 0 saturated carbocycles. The topological polar surface area (TPSA) is 72.1 Å². The van der Waals surface area contributed by atoms with Crippen LogP contribution in [-0.2, 0) is 6.42 Å². The van der Waals surface area contributed by atoms with Gasteiger partial charge >= 0.3 is 0 Å². The molecule has 0 radical (unpaired) electrons. The van der Waals surface area contributed by atoms with Crippen LogP contribution >= 0.6 is 0 Å². The third-order valence-electron chi connectivity index (χ3n) is 5.26. The highest BCUT2D eigenvalue weighted by atomic mass is 19.1. The van der Waals surface area contributed by atoms with Crippen LogP contribution in [0.1, 0.15) is 33.9 Å². The van der Waals surface area contributed by atoms with Gasteiger partial charge in [-0.1, -0.05) is 11.2 Å². The Kier molecular flexibility index (Phi) is 5.08. The fraction of sp³-hybridized carbons (Fsp3) is 0.333. The largest absolute Gasteiger partial charge is 0.361 e. The number of nitrogens with zero attached hydrogens (tertiary/aromatic N) is 4. The van der Waals surface area contributed by atoms with E-state index in [4.69, 9.17) is 4.52 Å². The van der Waals surface area contributed by atoms with E-state index >= 15 is 0 Å². The number of halogens is 2. The van der Waals surface area contributed by atoms with E-state index in [1.165, 1.54) is 17.3 Å². The normalized spacial score (nSPS) is 16.4. The number of carbonyl (C=O) groups is 1. The summed E-state index contributed by atoms with van der Waals surface area (Å²) >= 11 is 0. The number of hydrogen-bond donors (Lipinski definition) is 0. The second-order valence-electron chi connectivity index (χ2n) is 7.30. The minimum Gasteiger partial charge on any atom is -0.361 e. The Bertz CT molecular complexity index is 1030. The van der Waals surface area contributed by atoms with Crippen molar-refractivity contribution < 1.29 is 18.1 Å². The van der Waals surface area contributed by atoms with Crippen molar-refractivity contribution in [1.82, 2.24) is 20.0 Å². The van der Waals surface area contributed by atoms with Crippen LogP contribution in [0, 0.1) is 31.4 Å². The summed E-state index contributed by atoms with van der Waals surface area (Å²) in [6.07, 6.45) is 2.89. The molecule has 0 bridgehead atoms. The molecule has 0 N–H and O–H groups in total. The molecule has 29 heavy (non-hydrogen) atoms. The van der Waals surface area contributed by atoms with Crippen LogP contribution < -0.4 is 0 Å². The maximum atomic E-state index is 13.9. The molecule has 2 aromatic heterocycles. The Balaban J connectivity index is 1.47. The lowest BCUT2D eigenvalue weighted by Gasteiger charge is -2.17. The van der Waals surface area contributed by atoms with E-state index in [-0.39, 0.29) is 5.92 Å². The van der Waals surface area contributed by atoms with Crippen molar-refractivity contribution in [1.29, 1.82) is 0 Å². The van der Waals surface area contributed by atoms with E-state index in [9.17, 15) is 13.6 Å². The molecule has 0 spiro atoms. The molecule has 1 aromatic carbocycles. The minimum absolute atomic E-state index is 0.154. The molecular weight excluding hydrogens is 378 g/mol. The molecule has 1 aliphatic rings. The first kappa shape index (κ1) is 19.2. The molecule has 1 unspecified atom stereocenters. The van der Waals surface area contributed by atoms with Crippen LogP contribution in [-0.4, -0.2) is 39.0 Å². The van der Waals surface area contributed by atoms with Gasteiger partial charge < -0.3 is 9.42 Å². The third kappa shape index (κ3) is 3.74. The smallest absolute Gasteiger partial charge is 0.259 e. The van der Waals surface area contributed by atoms with E-state index in [0.29, 0.717) is 25.3 Å². The fourth-order valence-corrected chi connectivity index (χ4v) is 3.83. The molecule has 4 rings (SSSR count). The number of aryl methyl sites for hydroxylation is 2. The summed E-state index contributed by atoms with van der Waals surface area (Å²) < 4.78 is 33.1. The Morgan fingerprint density at radius 3 is 2.69 bits per heavy atom.